The molecule has 0 spiro atoms. The maximum atomic E-state index is 13.3. The average molecular weight is 523 g/mol. The van der Waals surface area contributed by atoms with Crippen molar-refractivity contribution in [3.05, 3.63) is 59.2 Å². The molecule has 38 heavy (non-hydrogen) atoms. The Morgan fingerprint density at radius 1 is 1.13 bits per heavy atom. The number of anilines is 1. The summed E-state index contributed by atoms with van der Waals surface area (Å²) in [6.07, 6.45) is 2.94. The second-order valence-corrected chi connectivity index (χ2v) is 10.7. The Bertz CT molecular complexity index is 1100. The monoisotopic (exact) mass is 522 g/mol. The highest BCUT2D eigenvalue weighted by Crippen LogP contribution is 2.31. The third kappa shape index (κ3) is 7.48. The van der Waals surface area contributed by atoms with Crippen molar-refractivity contribution >= 4 is 17.7 Å². The van der Waals surface area contributed by atoms with Gasteiger partial charge < -0.3 is 25.0 Å². The molecule has 2 aromatic rings. The molecule has 2 N–H and O–H groups in total. The lowest BCUT2D eigenvalue weighted by atomic mass is 9.86. The standard InChI is InChI=1S/C30H42N4O4/c1-21-16-26(11-8-25(21)20-34-15-14-31-22(2)19-34)33(3)29(35)24-9-12-27(13-10-24)38-28-7-5-6-23(17-28)18-32-30(36)37-4/h5-8,11,16-17,22,24,27,31H,9-10,12-15,18-20H2,1-4H3,(H,32,36)/t22-,24-,27-/m0/s1. The fourth-order valence-corrected chi connectivity index (χ4v) is 5.46. The van der Waals surface area contributed by atoms with Crippen LogP contribution >= 0.6 is 0 Å². The van der Waals surface area contributed by atoms with Crippen LogP contribution in [0.2, 0.25) is 0 Å². The number of nitrogens with zero attached hydrogens (tertiary/aromatic N) is 2. The van der Waals surface area contributed by atoms with Gasteiger partial charge in [-0.15, -0.1) is 0 Å². The maximum Gasteiger partial charge on any atom is 0.407 e. The highest BCUT2D eigenvalue weighted by molar-refractivity contribution is 5.94. The van der Waals surface area contributed by atoms with E-state index in [0.717, 1.165) is 68.9 Å². The molecule has 1 saturated heterocycles. The van der Waals surface area contributed by atoms with Gasteiger partial charge in [0, 0.05) is 57.4 Å². The summed E-state index contributed by atoms with van der Waals surface area (Å²) in [5.41, 5.74) is 4.46. The van der Waals surface area contributed by atoms with Gasteiger partial charge in [0.2, 0.25) is 5.91 Å². The molecule has 1 atom stereocenters. The number of ether oxygens (including phenoxy) is 2. The lowest BCUT2D eigenvalue weighted by Crippen LogP contribution is -2.48. The minimum atomic E-state index is -0.458. The summed E-state index contributed by atoms with van der Waals surface area (Å²) in [6, 6.07) is 14.7. The molecule has 1 aliphatic heterocycles. The van der Waals surface area contributed by atoms with Gasteiger partial charge in [-0.3, -0.25) is 9.69 Å². The van der Waals surface area contributed by atoms with Gasteiger partial charge in [-0.05, 0) is 80.5 Å². The van der Waals surface area contributed by atoms with E-state index in [-0.39, 0.29) is 17.9 Å². The van der Waals surface area contributed by atoms with E-state index >= 15 is 0 Å². The van der Waals surface area contributed by atoms with Crippen molar-refractivity contribution in [2.75, 3.05) is 38.7 Å². The number of hydrogen-bond acceptors (Lipinski definition) is 6. The number of aryl methyl sites for hydroxylation is 1. The molecule has 8 heteroatoms. The number of amides is 2. The minimum absolute atomic E-state index is 0.0118. The van der Waals surface area contributed by atoms with Crippen LogP contribution in [0.25, 0.3) is 0 Å². The van der Waals surface area contributed by atoms with Gasteiger partial charge in [-0.1, -0.05) is 18.2 Å². The third-order valence-electron chi connectivity index (χ3n) is 7.74. The molecule has 2 fully saturated rings. The average Bonchev–Trinajstić information content (AvgIpc) is 2.92. The molecule has 4 rings (SSSR count). The number of rotatable bonds is 8. The summed E-state index contributed by atoms with van der Waals surface area (Å²) in [4.78, 5) is 29.0. The van der Waals surface area contributed by atoms with Gasteiger partial charge in [0.25, 0.3) is 0 Å². The minimum Gasteiger partial charge on any atom is -0.490 e. The molecule has 0 bridgehead atoms. The highest BCUT2D eigenvalue weighted by atomic mass is 16.5. The van der Waals surface area contributed by atoms with Crippen molar-refractivity contribution in [2.45, 2.75) is 64.8 Å². The fraction of sp³-hybridized carbons (Fsp3) is 0.533. The summed E-state index contributed by atoms with van der Waals surface area (Å²) in [5.74, 6) is 0.979. The van der Waals surface area contributed by atoms with E-state index in [1.165, 1.54) is 18.2 Å². The number of carbonyl (C=O) groups excluding carboxylic acids is 2. The van der Waals surface area contributed by atoms with Crippen molar-refractivity contribution in [3.63, 3.8) is 0 Å². The highest BCUT2D eigenvalue weighted by Gasteiger charge is 2.30. The predicted octanol–water partition coefficient (Wildman–Crippen LogP) is 4.25. The molecule has 206 valence electrons. The van der Waals surface area contributed by atoms with Crippen LogP contribution in [0.5, 0.6) is 5.75 Å². The molecule has 1 saturated carbocycles. The van der Waals surface area contributed by atoms with E-state index in [9.17, 15) is 9.59 Å². The van der Waals surface area contributed by atoms with Crippen molar-refractivity contribution in [3.8, 4) is 5.75 Å². The number of hydrogen-bond donors (Lipinski definition) is 2. The second kappa shape index (κ2) is 13.1. The van der Waals surface area contributed by atoms with Crippen molar-refractivity contribution in [2.24, 2.45) is 5.92 Å². The summed E-state index contributed by atoms with van der Waals surface area (Å²) < 4.78 is 10.8. The molecule has 1 aliphatic carbocycles. The Labute approximate surface area is 226 Å². The first kappa shape index (κ1) is 27.9. The van der Waals surface area contributed by atoms with E-state index in [1.54, 1.807) is 0 Å². The summed E-state index contributed by atoms with van der Waals surface area (Å²) in [5, 5.41) is 6.18. The van der Waals surface area contributed by atoms with Crippen LogP contribution in [0.3, 0.4) is 0 Å². The zero-order valence-corrected chi connectivity index (χ0v) is 23.2. The van der Waals surface area contributed by atoms with Crippen LogP contribution in [-0.2, 0) is 22.6 Å². The van der Waals surface area contributed by atoms with Gasteiger partial charge >= 0.3 is 6.09 Å². The second-order valence-electron chi connectivity index (χ2n) is 10.7. The molecule has 1 heterocycles. The van der Waals surface area contributed by atoms with Crippen molar-refractivity contribution in [1.29, 1.82) is 0 Å². The predicted molar refractivity (Wildman–Crippen MR) is 149 cm³/mol. The number of methoxy groups -OCH3 is 1. The zero-order chi connectivity index (χ0) is 27.1. The van der Waals surface area contributed by atoms with E-state index < -0.39 is 6.09 Å². The van der Waals surface area contributed by atoms with Crippen LogP contribution < -0.4 is 20.3 Å². The van der Waals surface area contributed by atoms with E-state index in [2.05, 4.69) is 52.3 Å². The largest absolute Gasteiger partial charge is 0.490 e. The van der Waals surface area contributed by atoms with Crippen molar-refractivity contribution < 1.29 is 19.1 Å². The smallest absolute Gasteiger partial charge is 0.407 e. The molecule has 0 unspecified atom stereocenters. The SMILES string of the molecule is COC(=O)NCc1cccc(O[C@H]2CC[C@H](C(=O)N(C)c3ccc(CN4CCN[C@@H](C)C4)c(C)c3)CC2)c1. The maximum absolute atomic E-state index is 13.3. The molecule has 2 aromatic carbocycles. The topological polar surface area (TPSA) is 83.1 Å². The lowest BCUT2D eigenvalue weighted by molar-refractivity contribution is -0.123. The molecular weight excluding hydrogens is 480 g/mol. The zero-order valence-electron chi connectivity index (χ0n) is 23.2. The summed E-state index contributed by atoms with van der Waals surface area (Å²) >= 11 is 0. The van der Waals surface area contributed by atoms with Crippen LogP contribution in [0.4, 0.5) is 10.5 Å². The van der Waals surface area contributed by atoms with Crippen LogP contribution in [0.1, 0.15) is 49.3 Å². The van der Waals surface area contributed by atoms with E-state index in [1.807, 2.05) is 36.2 Å². The quantitative estimate of drug-likeness (QED) is 0.540. The van der Waals surface area contributed by atoms with Gasteiger partial charge in [-0.25, -0.2) is 4.79 Å². The Balaban J connectivity index is 1.27. The molecule has 0 aromatic heterocycles. The Hall–Kier alpha value is -3.10. The first-order valence-electron chi connectivity index (χ1n) is 13.7. The molecule has 2 aliphatic rings. The van der Waals surface area contributed by atoms with Crippen LogP contribution in [0.15, 0.2) is 42.5 Å². The lowest BCUT2D eigenvalue weighted by Gasteiger charge is -2.32. The Morgan fingerprint density at radius 2 is 1.92 bits per heavy atom. The van der Waals surface area contributed by atoms with Crippen LogP contribution in [0, 0.1) is 12.8 Å². The molecular formula is C30H42N4O4. The summed E-state index contributed by atoms with van der Waals surface area (Å²) in [7, 11) is 3.24. The summed E-state index contributed by atoms with van der Waals surface area (Å²) in [6.45, 7) is 8.86. The number of alkyl carbamates (subject to hydrolysis) is 1. The van der Waals surface area contributed by atoms with E-state index in [0.29, 0.717) is 12.6 Å². The Kier molecular flexibility index (Phi) is 9.63. The van der Waals surface area contributed by atoms with Gasteiger partial charge in [0.15, 0.2) is 0 Å². The third-order valence-corrected chi connectivity index (χ3v) is 7.74. The number of piperazine rings is 1. The van der Waals surface area contributed by atoms with E-state index in [4.69, 9.17) is 4.74 Å². The molecule has 8 nitrogen and oxygen atoms in total. The van der Waals surface area contributed by atoms with Crippen LogP contribution in [-0.4, -0.2) is 62.8 Å². The molecule has 0 radical (unpaired) electrons. The number of nitrogens with one attached hydrogen (secondary N) is 2. The normalized spacial score (nSPS) is 21.9. The fourth-order valence-electron chi connectivity index (χ4n) is 5.46. The van der Waals surface area contributed by atoms with Gasteiger partial charge in [0.05, 0.1) is 13.2 Å². The number of carbonyl (C=O) groups is 2. The van der Waals surface area contributed by atoms with Gasteiger partial charge in [0.1, 0.15) is 5.75 Å². The first-order valence-corrected chi connectivity index (χ1v) is 13.7. The first-order chi connectivity index (χ1) is 18.3. The van der Waals surface area contributed by atoms with Crippen molar-refractivity contribution in [1.82, 2.24) is 15.5 Å². The Morgan fingerprint density at radius 3 is 2.63 bits per heavy atom. The molecule has 2 amide bonds. The van der Waals surface area contributed by atoms with Gasteiger partial charge in [-0.2, -0.15) is 0 Å². The number of benzene rings is 2.